The lowest BCUT2D eigenvalue weighted by atomic mass is 10.2. The first-order valence-corrected chi connectivity index (χ1v) is 6.57. The normalized spacial score (nSPS) is 10.6. The second-order valence-corrected chi connectivity index (χ2v) is 4.63. The molecule has 0 unspecified atom stereocenters. The van der Waals surface area contributed by atoms with Gasteiger partial charge >= 0.3 is 5.69 Å². The molecule has 1 heterocycles. The third kappa shape index (κ3) is 3.24. The van der Waals surface area contributed by atoms with Gasteiger partial charge in [0.2, 0.25) is 0 Å². The van der Waals surface area contributed by atoms with Crippen molar-refractivity contribution in [2.45, 2.75) is 26.9 Å². The maximum absolute atomic E-state index is 11.8. The van der Waals surface area contributed by atoms with Crippen LogP contribution in [0.1, 0.15) is 17.0 Å². The average molecular weight is 273 g/mol. The van der Waals surface area contributed by atoms with Crippen LogP contribution < -0.4 is 16.2 Å². The van der Waals surface area contributed by atoms with Crippen LogP contribution in [0.2, 0.25) is 0 Å². The lowest BCUT2D eigenvalue weighted by molar-refractivity contribution is 0.291. The molecule has 106 valence electrons. The molecule has 5 nitrogen and oxygen atoms in total. The molecule has 2 N–H and O–H groups in total. The minimum atomic E-state index is -0.238. The Morgan fingerprint density at radius 3 is 2.75 bits per heavy atom. The Bertz CT molecular complexity index is 650. The van der Waals surface area contributed by atoms with E-state index < -0.39 is 0 Å². The summed E-state index contributed by atoms with van der Waals surface area (Å²) in [6.07, 6.45) is 0. The van der Waals surface area contributed by atoms with Gasteiger partial charge in [-0.25, -0.2) is 4.79 Å². The molecule has 0 aliphatic rings. The van der Waals surface area contributed by atoms with Crippen molar-refractivity contribution in [3.8, 4) is 5.75 Å². The van der Waals surface area contributed by atoms with E-state index in [4.69, 9.17) is 10.5 Å². The van der Waals surface area contributed by atoms with E-state index in [0.29, 0.717) is 19.7 Å². The van der Waals surface area contributed by atoms with Crippen molar-refractivity contribution in [1.29, 1.82) is 0 Å². The number of rotatable bonds is 5. The Hall–Kier alpha value is -2.14. The Balaban J connectivity index is 2.05. The van der Waals surface area contributed by atoms with E-state index in [2.05, 4.69) is 4.98 Å². The van der Waals surface area contributed by atoms with Gasteiger partial charge in [0, 0.05) is 23.5 Å². The SMILES string of the molecule is Cc1cc(C)n(CCOc2ccccc2CN)c(=O)n1. The van der Waals surface area contributed by atoms with Gasteiger partial charge in [-0.05, 0) is 26.0 Å². The highest BCUT2D eigenvalue weighted by Gasteiger charge is 2.04. The van der Waals surface area contributed by atoms with Crippen molar-refractivity contribution in [1.82, 2.24) is 9.55 Å². The number of para-hydroxylation sites is 1. The number of nitrogens with two attached hydrogens (primary N) is 1. The molecule has 2 rings (SSSR count). The Kier molecular flexibility index (Phi) is 4.53. The summed E-state index contributed by atoms with van der Waals surface area (Å²) in [7, 11) is 0. The molecular weight excluding hydrogens is 254 g/mol. The molecule has 5 heteroatoms. The summed E-state index contributed by atoms with van der Waals surface area (Å²) in [5.41, 5.74) is 7.99. The average Bonchev–Trinajstić information content (AvgIpc) is 2.42. The molecule has 1 aromatic carbocycles. The highest BCUT2D eigenvalue weighted by molar-refractivity contribution is 5.32. The largest absolute Gasteiger partial charge is 0.491 e. The Morgan fingerprint density at radius 1 is 1.30 bits per heavy atom. The van der Waals surface area contributed by atoms with Crippen LogP contribution in [-0.2, 0) is 13.1 Å². The van der Waals surface area contributed by atoms with Gasteiger partial charge in [0.25, 0.3) is 0 Å². The molecule has 0 saturated carbocycles. The molecule has 0 fully saturated rings. The first kappa shape index (κ1) is 14.3. The fourth-order valence-electron chi connectivity index (χ4n) is 2.11. The molecule has 0 bridgehead atoms. The predicted molar refractivity (Wildman–Crippen MR) is 77.8 cm³/mol. The molecular formula is C15H19N3O2. The smallest absolute Gasteiger partial charge is 0.348 e. The monoisotopic (exact) mass is 273 g/mol. The van der Waals surface area contributed by atoms with Crippen LogP contribution in [0.25, 0.3) is 0 Å². The zero-order valence-electron chi connectivity index (χ0n) is 11.8. The van der Waals surface area contributed by atoms with Crippen molar-refractivity contribution >= 4 is 0 Å². The molecule has 0 aliphatic heterocycles. The first-order valence-electron chi connectivity index (χ1n) is 6.57. The maximum Gasteiger partial charge on any atom is 0.348 e. The summed E-state index contributed by atoms with van der Waals surface area (Å²) in [6.45, 7) is 5.01. The summed E-state index contributed by atoms with van der Waals surface area (Å²) in [6, 6.07) is 9.52. The number of hydrogen-bond acceptors (Lipinski definition) is 4. The van der Waals surface area contributed by atoms with Gasteiger partial charge in [0.15, 0.2) is 0 Å². The van der Waals surface area contributed by atoms with Crippen molar-refractivity contribution in [3.05, 3.63) is 57.8 Å². The minimum Gasteiger partial charge on any atom is -0.491 e. The van der Waals surface area contributed by atoms with E-state index in [1.807, 2.05) is 44.2 Å². The molecule has 1 aromatic heterocycles. The van der Waals surface area contributed by atoms with Crippen LogP contribution in [0.3, 0.4) is 0 Å². The van der Waals surface area contributed by atoms with E-state index in [1.165, 1.54) is 0 Å². The predicted octanol–water partition coefficient (Wildman–Crippen LogP) is 1.40. The summed E-state index contributed by atoms with van der Waals surface area (Å²) in [4.78, 5) is 15.7. The molecule has 20 heavy (non-hydrogen) atoms. The second kappa shape index (κ2) is 6.34. The second-order valence-electron chi connectivity index (χ2n) is 4.63. The number of hydrogen-bond donors (Lipinski definition) is 1. The van der Waals surface area contributed by atoms with Gasteiger partial charge in [-0.1, -0.05) is 18.2 Å². The van der Waals surface area contributed by atoms with Crippen molar-refractivity contribution in [2.24, 2.45) is 5.73 Å². The molecule has 0 aliphatic carbocycles. The Labute approximate surface area is 118 Å². The molecule has 0 spiro atoms. The molecule has 0 amide bonds. The number of benzene rings is 1. The summed E-state index contributed by atoms with van der Waals surface area (Å²) < 4.78 is 7.31. The van der Waals surface area contributed by atoms with Gasteiger partial charge in [0.05, 0.1) is 6.54 Å². The first-order chi connectivity index (χ1) is 9.61. The van der Waals surface area contributed by atoms with Crippen LogP contribution in [-0.4, -0.2) is 16.2 Å². The summed E-state index contributed by atoms with van der Waals surface area (Å²) in [5, 5.41) is 0. The number of ether oxygens (including phenoxy) is 1. The fourth-order valence-corrected chi connectivity index (χ4v) is 2.11. The topological polar surface area (TPSA) is 70.1 Å². The number of aryl methyl sites for hydroxylation is 2. The van der Waals surface area contributed by atoms with E-state index >= 15 is 0 Å². The molecule has 0 radical (unpaired) electrons. The zero-order valence-corrected chi connectivity index (χ0v) is 11.8. The van der Waals surface area contributed by atoms with Crippen molar-refractivity contribution < 1.29 is 4.74 Å². The van der Waals surface area contributed by atoms with Gasteiger partial charge in [-0.3, -0.25) is 4.57 Å². The van der Waals surface area contributed by atoms with Gasteiger partial charge in [-0.2, -0.15) is 4.98 Å². The molecule has 2 aromatic rings. The molecule has 0 atom stereocenters. The van der Waals surface area contributed by atoms with E-state index in [1.54, 1.807) is 4.57 Å². The molecule has 0 saturated heterocycles. The van der Waals surface area contributed by atoms with Crippen LogP contribution >= 0.6 is 0 Å². The van der Waals surface area contributed by atoms with Crippen molar-refractivity contribution in [3.63, 3.8) is 0 Å². The van der Waals surface area contributed by atoms with E-state index in [-0.39, 0.29) is 5.69 Å². The van der Waals surface area contributed by atoms with Gasteiger partial charge in [-0.15, -0.1) is 0 Å². The van der Waals surface area contributed by atoms with Crippen molar-refractivity contribution in [2.75, 3.05) is 6.61 Å². The standard InChI is InChI=1S/C15H19N3O2/c1-11-9-12(2)18(15(19)17-11)7-8-20-14-6-4-3-5-13(14)10-16/h3-6,9H,7-8,10,16H2,1-2H3. The quantitative estimate of drug-likeness (QED) is 0.894. The van der Waals surface area contributed by atoms with Crippen LogP contribution in [0.15, 0.2) is 35.1 Å². The summed E-state index contributed by atoms with van der Waals surface area (Å²) >= 11 is 0. The van der Waals surface area contributed by atoms with Crippen LogP contribution in [0.4, 0.5) is 0 Å². The fraction of sp³-hybridized carbons (Fsp3) is 0.333. The van der Waals surface area contributed by atoms with E-state index in [0.717, 1.165) is 22.7 Å². The van der Waals surface area contributed by atoms with Crippen LogP contribution in [0.5, 0.6) is 5.75 Å². The highest BCUT2D eigenvalue weighted by atomic mass is 16.5. The number of nitrogens with zero attached hydrogens (tertiary/aromatic N) is 2. The highest BCUT2D eigenvalue weighted by Crippen LogP contribution is 2.16. The third-order valence-corrected chi connectivity index (χ3v) is 3.11. The van der Waals surface area contributed by atoms with E-state index in [9.17, 15) is 4.79 Å². The van der Waals surface area contributed by atoms with Crippen LogP contribution in [0, 0.1) is 13.8 Å². The number of aromatic nitrogens is 2. The zero-order chi connectivity index (χ0) is 14.5. The van der Waals surface area contributed by atoms with Gasteiger partial charge < -0.3 is 10.5 Å². The summed E-state index contributed by atoms with van der Waals surface area (Å²) in [5.74, 6) is 0.765. The Morgan fingerprint density at radius 2 is 2.05 bits per heavy atom. The maximum atomic E-state index is 11.8. The lowest BCUT2D eigenvalue weighted by Crippen LogP contribution is -2.28. The lowest BCUT2D eigenvalue weighted by Gasteiger charge is -2.12. The third-order valence-electron chi connectivity index (χ3n) is 3.11. The van der Waals surface area contributed by atoms with Gasteiger partial charge in [0.1, 0.15) is 12.4 Å². The minimum absolute atomic E-state index is 0.238.